The van der Waals surface area contributed by atoms with Gasteiger partial charge in [-0.25, -0.2) is 4.39 Å². The predicted molar refractivity (Wildman–Crippen MR) is 51.7 cm³/mol. The van der Waals surface area contributed by atoms with Crippen LogP contribution < -0.4 is 10.1 Å². The van der Waals surface area contributed by atoms with Crippen LogP contribution in [0.3, 0.4) is 0 Å². The van der Waals surface area contributed by atoms with Crippen LogP contribution in [0.4, 0.5) is 10.1 Å². The van der Waals surface area contributed by atoms with Gasteiger partial charge in [0.05, 0.1) is 19.1 Å². The van der Waals surface area contributed by atoms with Gasteiger partial charge >= 0.3 is 0 Å². The molecule has 0 aromatic heterocycles. The summed E-state index contributed by atoms with van der Waals surface area (Å²) in [5, 5.41) is 3.01. The maximum absolute atomic E-state index is 11.6. The second-order valence-electron chi connectivity index (χ2n) is 2.44. The first-order valence-electron chi connectivity index (χ1n) is 4.00. The summed E-state index contributed by atoms with van der Waals surface area (Å²) < 4.78 is 16.7. The normalized spacial score (nSPS) is 10.3. The van der Waals surface area contributed by atoms with E-state index in [0.29, 0.717) is 12.9 Å². The lowest BCUT2D eigenvalue weighted by Crippen LogP contribution is -1.99. The molecule has 0 spiro atoms. The van der Waals surface area contributed by atoms with Crippen LogP contribution in [0.1, 0.15) is 0 Å². The molecule has 1 N–H and O–H groups in total. The van der Waals surface area contributed by atoms with Crippen molar-refractivity contribution in [2.75, 3.05) is 19.0 Å². The van der Waals surface area contributed by atoms with Gasteiger partial charge < -0.3 is 10.1 Å². The van der Waals surface area contributed by atoms with Gasteiger partial charge in [-0.15, -0.1) is 0 Å². The van der Waals surface area contributed by atoms with Gasteiger partial charge in [-0.1, -0.05) is 12.1 Å². The highest BCUT2D eigenvalue weighted by Gasteiger charge is 1.97. The number of rotatable bonds is 4. The predicted octanol–water partition coefficient (Wildman–Crippen LogP) is 2.59. The lowest BCUT2D eigenvalue weighted by atomic mass is 10.3. The van der Waals surface area contributed by atoms with Crippen LogP contribution >= 0.6 is 0 Å². The lowest BCUT2D eigenvalue weighted by molar-refractivity contribution is 0.416. The first-order valence-corrected chi connectivity index (χ1v) is 4.00. The molecule has 0 saturated carbocycles. The molecule has 0 atom stereocenters. The summed E-state index contributed by atoms with van der Waals surface area (Å²) in [4.78, 5) is 0. The van der Waals surface area contributed by atoms with Crippen LogP contribution in [0, 0.1) is 0 Å². The van der Waals surface area contributed by atoms with Crippen LogP contribution in [-0.4, -0.2) is 13.7 Å². The lowest BCUT2D eigenvalue weighted by Gasteiger charge is -2.08. The van der Waals surface area contributed by atoms with Crippen molar-refractivity contribution in [1.82, 2.24) is 0 Å². The second kappa shape index (κ2) is 5.19. The smallest absolute Gasteiger partial charge is 0.141 e. The van der Waals surface area contributed by atoms with Crippen molar-refractivity contribution in [3.8, 4) is 5.75 Å². The highest BCUT2D eigenvalue weighted by atomic mass is 19.1. The van der Waals surface area contributed by atoms with Crippen LogP contribution in [0.15, 0.2) is 36.7 Å². The Bertz CT molecular complexity index is 286. The Kier molecular flexibility index (Phi) is 3.82. The highest BCUT2D eigenvalue weighted by Crippen LogP contribution is 2.22. The van der Waals surface area contributed by atoms with Crippen molar-refractivity contribution >= 4 is 5.69 Å². The van der Waals surface area contributed by atoms with Crippen molar-refractivity contribution in [2.45, 2.75) is 0 Å². The number of hydrogen-bond acceptors (Lipinski definition) is 2. The fraction of sp³-hybridized carbons (Fsp3) is 0.200. The summed E-state index contributed by atoms with van der Waals surface area (Å²) >= 11 is 0. The van der Waals surface area contributed by atoms with Crippen LogP contribution in [0.5, 0.6) is 5.75 Å². The molecule has 13 heavy (non-hydrogen) atoms. The third kappa shape index (κ3) is 2.78. The zero-order valence-electron chi connectivity index (χ0n) is 7.46. The zero-order chi connectivity index (χ0) is 9.52. The average Bonchev–Trinajstić information content (AvgIpc) is 2.19. The Morgan fingerprint density at radius 3 is 2.92 bits per heavy atom. The van der Waals surface area contributed by atoms with Crippen LogP contribution in [0.2, 0.25) is 0 Å². The molecular formula is C10H12FNO. The first kappa shape index (κ1) is 9.58. The molecule has 0 amide bonds. The maximum atomic E-state index is 11.6. The Hall–Kier alpha value is -1.51. The van der Waals surface area contributed by atoms with E-state index in [1.54, 1.807) is 7.11 Å². The average molecular weight is 181 g/mol. The monoisotopic (exact) mass is 181 g/mol. The first-order chi connectivity index (χ1) is 6.38. The number of para-hydroxylation sites is 2. The van der Waals surface area contributed by atoms with Gasteiger partial charge in [0.1, 0.15) is 5.75 Å². The maximum Gasteiger partial charge on any atom is 0.141 e. The van der Waals surface area contributed by atoms with E-state index >= 15 is 0 Å². The zero-order valence-corrected chi connectivity index (χ0v) is 7.46. The number of hydrogen-bond donors (Lipinski definition) is 1. The molecule has 0 saturated heterocycles. The van der Waals surface area contributed by atoms with Gasteiger partial charge in [0.15, 0.2) is 0 Å². The molecule has 1 rings (SSSR count). The highest BCUT2D eigenvalue weighted by molar-refractivity contribution is 5.56. The molecule has 0 aliphatic rings. The van der Waals surface area contributed by atoms with Crippen molar-refractivity contribution in [3.63, 3.8) is 0 Å². The fourth-order valence-corrected chi connectivity index (χ4v) is 1.00. The van der Waals surface area contributed by atoms with E-state index in [9.17, 15) is 4.39 Å². The van der Waals surface area contributed by atoms with E-state index in [1.165, 1.54) is 6.08 Å². The molecule has 2 nitrogen and oxygen atoms in total. The second-order valence-corrected chi connectivity index (χ2v) is 2.44. The van der Waals surface area contributed by atoms with Crippen LogP contribution in [0.25, 0.3) is 0 Å². The molecule has 0 heterocycles. The SMILES string of the molecule is COc1ccccc1NCC=CF. The molecule has 70 valence electrons. The number of nitrogens with one attached hydrogen (secondary N) is 1. The van der Waals surface area contributed by atoms with E-state index in [1.807, 2.05) is 24.3 Å². The van der Waals surface area contributed by atoms with Crippen molar-refractivity contribution in [3.05, 3.63) is 36.7 Å². The van der Waals surface area contributed by atoms with Gasteiger partial charge in [0, 0.05) is 6.54 Å². The molecule has 0 aliphatic heterocycles. The Labute approximate surface area is 77.0 Å². The largest absolute Gasteiger partial charge is 0.495 e. The Balaban J connectivity index is 2.64. The summed E-state index contributed by atoms with van der Waals surface area (Å²) in [5.74, 6) is 0.759. The van der Waals surface area contributed by atoms with E-state index in [2.05, 4.69) is 5.32 Å². The minimum Gasteiger partial charge on any atom is -0.495 e. The number of benzene rings is 1. The molecule has 3 heteroatoms. The molecule has 0 unspecified atom stereocenters. The quantitative estimate of drug-likeness (QED) is 0.770. The minimum absolute atomic E-state index is 0.455. The van der Waals surface area contributed by atoms with E-state index in [4.69, 9.17) is 4.74 Å². The molecule has 0 radical (unpaired) electrons. The molecule has 0 bridgehead atoms. The van der Waals surface area contributed by atoms with E-state index in [0.717, 1.165) is 11.4 Å². The van der Waals surface area contributed by atoms with E-state index in [-0.39, 0.29) is 0 Å². The Morgan fingerprint density at radius 2 is 2.23 bits per heavy atom. The summed E-state index contributed by atoms with van der Waals surface area (Å²) in [7, 11) is 1.60. The number of methoxy groups -OCH3 is 1. The number of halogens is 1. The summed E-state index contributed by atoms with van der Waals surface area (Å²) in [5.41, 5.74) is 0.864. The van der Waals surface area contributed by atoms with Crippen LogP contribution in [-0.2, 0) is 0 Å². The third-order valence-electron chi connectivity index (χ3n) is 1.61. The molecule has 0 fully saturated rings. The standard InChI is InChI=1S/C10H12FNO/c1-13-10-6-3-2-5-9(10)12-8-4-7-11/h2-7,12H,8H2,1H3. The molecule has 1 aromatic rings. The van der Waals surface area contributed by atoms with Gasteiger partial charge in [0.2, 0.25) is 0 Å². The van der Waals surface area contributed by atoms with Gasteiger partial charge in [-0.2, -0.15) is 0 Å². The molecular weight excluding hydrogens is 169 g/mol. The summed E-state index contributed by atoms with van der Waals surface area (Å²) in [6, 6.07) is 7.51. The molecule has 1 aromatic carbocycles. The van der Waals surface area contributed by atoms with Crippen molar-refractivity contribution in [1.29, 1.82) is 0 Å². The topological polar surface area (TPSA) is 21.3 Å². The summed E-state index contributed by atoms with van der Waals surface area (Å²) in [6.07, 6.45) is 1.91. The van der Waals surface area contributed by atoms with Gasteiger partial charge in [-0.3, -0.25) is 0 Å². The molecule has 0 aliphatic carbocycles. The van der Waals surface area contributed by atoms with Gasteiger partial charge in [-0.05, 0) is 18.2 Å². The third-order valence-corrected chi connectivity index (χ3v) is 1.61. The van der Waals surface area contributed by atoms with Crippen molar-refractivity contribution in [2.24, 2.45) is 0 Å². The van der Waals surface area contributed by atoms with Gasteiger partial charge in [0.25, 0.3) is 0 Å². The van der Waals surface area contributed by atoms with Crippen molar-refractivity contribution < 1.29 is 9.13 Å². The number of ether oxygens (including phenoxy) is 1. The Morgan fingerprint density at radius 1 is 1.46 bits per heavy atom. The number of anilines is 1. The minimum atomic E-state index is 0.455. The fourth-order valence-electron chi connectivity index (χ4n) is 1.00. The summed E-state index contributed by atoms with van der Waals surface area (Å²) in [6.45, 7) is 0.455. The van der Waals surface area contributed by atoms with E-state index < -0.39 is 0 Å².